The molecule has 0 radical (unpaired) electrons. The molecule has 0 aliphatic heterocycles. The summed E-state index contributed by atoms with van der Waals surface area (Å²) in [5, 5.41) is 21.7. The maximum absolute atomic E-state index is 9.40. The van der Waals surface area contributed by atoms with Gasteiger partial charge in [-0.05, 0) is 36.4 Å². The topological polar surface area (TPSA) is 113 Å². The number of H-pyrrole nitrogens is 1. The number of benzene rings is 1. The van der Waals surface area contributed by atoms with Crippen molar-refractivity contribution in [2.45, 2.75) is 0 Å². The molecule has 4 aromatic rings. The van der Waals surface area contributed by atoms with E-state index in [0.717, 1.165) is 22.3 Å². The van der Waals surface area contributed by atoms with Crippen LogP contribution in [0.15, 0.2) is 55.0 Å². The smallest absolute Gasteiger partial charge is 0.162 e. The Balaban J connectivity index is 1.86. The van der Waals surface area contributed by atoms with Gasteiger partial charge in [0.05, 0.1) is 28.7 Å². The first-order valence-corrected chi connectivity index (χ1v) is 7.32. The quantitative estimate of drug-likeness (QED) is 0.432. The number of nitrogens with one attached hydrogen (secondary N) is 2. The summed E-state index contributed by atoms with van der Waals surface area (Å²) in [6.45, 7) is 0. The van der Waals surface area contributed by atoms with E-state index in [4.69, 9.17) is 5.73 Å². The monoisotopic (exact) mass is 318 g/mol. The molecule has 0 saturated heterocycles. The first kappa shape index (κ1) is 14.0. The highest BCUT2D eigenvalue weighted by atomic mass is 16.3. The van der Waals surface area contributed by atoms with Gasteiger partial charge in [0.15, 0.2) is 5.65 Å². The van der Waals surface area contributed by atoms with Crippen LogP contribution in [0.25, 0.3) is 22.3 Å². The number of aromatic nitrogens is 4. The molecular weight excluding hydrogens is 304 g/mol. The number of hydrogen-bond acceptors (Lipinski definition) is 6. The van der Waals surface area contributed by atoms with E-state index >= 15 is 0 Å². The number of fused-ring (bicyclic) bond motifs is 1. The number of nitrogen functional groups attached to an aromatic ring is 1. The van der Waals surface area contributed by atoms with E-state index in [9.17, 15) is 5.11 Å². The average Bonchev–Trinajstić information content (AvgIpc) is 3.01. The first-order valence-electron chi connectivity index (χ1n) is 7.32. The summed E-state index contributed by atoms with van der Waals surface area (Å²) in [6.07, 6.45) is 5.16. The average molecular weight is 318 g/mol. The van der Waals surface area contributed by atoms with Gasteiger partial charge in [-0.2, -0.15) is 5.10 Å². The molecule has 3 heterocycles. The minimum atomic E-state index is 0.215. The van der Waals surface area contributed by atoms with Crippen LogP contribution in [0.3, 0.4) is 0 Å². The molecule has 0 unspecified atom stereocenters. The van der Waals surface area contributed by atoms with Gasteiger partial charge in [0.1, 0.15) is 5.75 Å². The summed E-state index contributed by atoms with van der Waals surface area (Å²) in [4.78, 5) is 7.47. The van der Waals surface area contributed by atoms with Crippen molar-refractivity contribution >= 4 is 28.1 Å². The van der Waals surface area contributed by atoms with Crippen LogP contribution in [-0.4, -0.2) is 25.3 Å². The largest absolute Gasteiger partial charge is 0.508 e. The van der Waals surface area contributed by atoms with Crippen molar-refractivity contribution in [2.75, 3.05) is 11.1 Å². The molecule has 0 fully saturated rings. The lowest BCUT2D eigenvalue weighted by atomic mass is 10.1. The Bertz CT molecular complexity index is 1010. The van der Waals surface area contributed by atoms with Gasteiger partial charge in [-0.15, -0.1) is 5.10 Å². The highest BCUT2D eigenvalue weighted by Crippen LogP contribution is 2.35. The number of nitrogens with zero attached hydrogens (tertiary/aromatic N) is 3. The molecule has 0 aliphatic rings. The van der Waals surface area contributed by atoms with Gasteiger partial charge in [0, 0.05) is 23.6 Å². The molecule has 118 valence electrons. The van der Waals surface area contributed by atoms with Gasteiger partial charge in [0.2, 0.25) is 0 Å². The lowest BCUT2D eigenvalue weighted by Crippen LogP contribution is -1.96. The molecule has 0 spiro atoms. The predicted octanol–water partition coefficient (Wildman–Crippen LogP) is 3.05. The zero-order chi connectivity index (χ0) is 16.5. The molecule has 5 N–H and O–H groups in total. The Labute approximate surface area is 137 Å². The second-order valence-electron chi connectivity index (χ2n) is 5.30. The summed E-state index contributed by atoms with van der Waals surface area (Å²) in [5.41, 5.74) is 10.4. The van der Waals surface area contributed by atoms with Gasteiger partial charge >= 0.3 is 0 Å². The fourth-order valence-corrected chi connectivity index (χ4v) is 2.59. The number of phenolic OH excluding ortho intramolecular Hbond substituents is 1. The molecule has 7 nitrogen and oxygen atoms in total. The second kappa shape index (κ2) is 5.54. The highest BCUT2D eigenvalue weighted by molar-refractivity contribution is 6.03. The van der Waals surface area contributed by atoms with E-state index in [2.05, 4.69) is 25.5 Å². The van der Waals surface area contributed by atoms with E-state index in [1.165, 1.54) is 0 Å². The van der Waals surface area contributed by atoms with E-state index in [1.807, 2.05) is 6.20 Å². The van der Waals surface area contributed by atoms with E-state index in [-0.39, 0.29) is 5.75 Å². The number of nitrogens with two attached hydrogens (primary N) is 1. The molecule has 24 heavy (non-hydrogen) atoms. The predicted molar refractivity (Wildman–Crippen MR) is 92.9 cm³/mol. The third-order valence-electron chi connectivity index (χ3n) is 3.71. The number of aromatic hydroxyl groups is 1. The van der Waals surface area contributed by atoms with Crippen LogP contribution in [0.4, 0.5) is 17.1 Å². The number of anilines is 3. The fraction of sp³-hybridized carbons (Fsp3) is 0. The van der Waals surface area contributed by atoms with Crippen LogP contribution in [-0.2, 0) is 0 Å². The van der Waals surface area contributed by atoms with Crippen molar-refractivity contribution in [1.82, 2.24) is 20.2 Å². The van der Waals surface area contributed by atoms with E-state index in [0.29, 0.717) is 17.0 Å². The number of rotatable bonds is 3. The van der Waals surface area contributed by atoms with Crippen LogP contribution in [0.1, 0.15) is 0 Å². The fourth-order valence-electron chi connectivity index (χ4n) is 2.59. The van der Waals surface area contributed by atoms with Crippen molar-refractivity contribution in [3.63, 3.8) is 0 Å². The molecule has 3 aromatic heterocycles. The van der Waals surface area contributed by atoms with Crippen molar-refractivity contribution in [3.05, 3.63) is 55.0 Å². The Morgan fingerprint density at radius 2 is 1.96 bits per heavy atom. The maximum atomic E-state index is 9.40. The maximum Gasteiger partial charge on any atom is 0.162 e. The molecule has 4 rings (SSSR count). The highest BCUT2D eigenvalue weighted by Gasteiger charge is 2.15. The van der Waals surface area contributed by atoms with Gasteiger partial charge < -0.3 is 21.1 Å². The van der Waals surface area contributed by atoms with Crippen molar-refractivity contribution in [2.24, 2.45) is 0 Å². The van der Waals surface area contributed by atoms with Crippen molar-refractivity contribution < 1.29 is 5.11 Å². The number of hydrogen-bond donors (Lipinski definition) is 4. The molecule has 7 heteroatoms. The van der Waals surface area contributed by atoms with E-state index < -0.39 is 0 Å². The third kappa shape index (κ3) is 2.38. The van der Waals surface area contributed by atoms with Gasteiger partial charge in [-0.3, -0.25) is 4.98 Å². The van der Waals surface area contributed by atoms with Crippen LogP contribution in [0.2, 0.25) is 0 Å². The molecule has 0 aliphatic carbocycles. The summed E-state index contributed by atoms with van der Waals surface area (Å²) >= 11 is 0. The lowest BCUT2D eigenvalue weighted by Gasteiger charge is -2.09. The van der Waals surface area contributed by atoms with Gasteiger partial charge in [0.25, 0.3) is 0 Å². The Hall–Kier alpha value is -3.61. The van der Waals surface area contributed by atoms with Crippen molar-refractivity contribution in [1.29, 1.82) is 0 Å². The minimum Gasteiger partial charge on any atom is -0.508 e. The standard InChI is InChI=1S/C17H14N6O/c18-13-2-1-7-19-16(13)12-8-21-23-17-15(12)14(9-20-17)22-10-3-5-11(24)6-4-10/h1-9,22,24H,18H2,(H,20,23). The Morgan fingerprint density at radius 1 is 1.12 bits per heavy atom. The van der Waals surface area contributed by atoms with Crippen LogP contribution >= 0.6 is 0 Å². The number of pyridine rings is 1. The van der Waals surface area contributed by atoms with Crippen LogP contribution < -0.4 is 11.1 Å². The van der Waals surface area contributed by atoms with Gasteiger partial charge in [-0.1, -0.05) is 0 Å². The third-order valence-corrected chi connectivity index (χ3v) is 3.71. The summed E-state index contributed by atoms with van der Waals surface area (Å²) in [7, 11) is 0. The lowest BCUT2D eigenvalue weighted by molar-refractivity contribution is 0.475. The molecule has 0 atom stereocenters. The normalized spacial score (nSPS) is 10.8. The minimum absolute atomic E-state index is 0.215. The first-order chi connectivity index (χ1) is 11.7. The Kier molecular flexibility index (Phi) is 3.24. The summed E-state index contributed by atoms with van der Waals surface area (Å²) < 4.78 is 0. The molecule has 1 aromatic carbocycles. The zero-order valence-electron chi connectivity index (χ0n) is 12.6. The van der Waals surface area contributed by atoms with E-state index in [1.54, 1.807) is 48.8 Å². The molecule has 0 saturated carbocycles. The number of phenols is 1. The van der Waals surface area contributed by atoms with Crippen molar-refractivity contribution in [3.8, 4) is 17.0 Å². The van der Waals surface area contributed by atoms with Crippen LogP contribution in [0, 0.1) is 0 Å². The van der Waals surface area contributed by atoms with Gasteiger partial charge in [-0.25, -0.2) is 0 Å². The SMILES string of the molecule is Nc1cccnc1-c1cnnc2[nH]cc(Nc3ccc(O)cc3)c12. The summed E-state index contributed by atoms with van der Waals surface area (Å²) in [5.74, 6) is 0.215. The molecule has 0 amide bonds. The van der Waals surface area contributed by atoms with Crippen LogP contribution in [0.5, 0.6) is 5.75 Å². The zero-order valence-corrected chi connectivity index (χ0v) is 12.6. The summed E-state index contributed by atoms with van der Waals surface area (Å²) in [6, 6.07) is 10.4. The molecular formula is C17H14N6O. The number of aromatic amines is 1. The second-order valence-corrected chi connectivity index (χ2v) is 5.30. The molecule has 0 bridgehead atoms. The Morgan fingerprint density at radius 3 is 2.75 bits per heavy atom.